The summed E-state index contributed by atoms with van der Waals surface area (Å²) >= 11 is 12.8. The number of carbonyl (C=O) groups excluding carboxylic acids is 2. The second-order valence-electron chi connectivity index (χ2n) is 21.7. The molecule has 4 aliphatic rings. The van der Waals surface area contributed by atoms with Crippen molar-refractivity contribution in [3.63, 3.8) is 0 Å². The number of hydrogen-bond acceptors (Lipinski definition) is 18. The molecule has 0 unspecified atom stereocenters. The van der Waals surface area contributed by atoms with Crippen molar-refractivity contribution >= 4 is 90.3 Å². The molecular weight excluding hydrogens is 1160 g/mol. The SMILES string of the molecule is C=CC(=O)N1CCN(c2nc(O[C@@H]3CN(C)C[C@H]3OC)nc3c(Oc4c(Cl)c(F)cc5[nH]ncc45)cccc23)CC1.C=CC(=O)N1CCN(c2nc(Oc3cccc4c3CCN(C(C)C)C4)nc3c(Oc4c(Cl)c(F)cc5[nH]ncc45)nccc23)CC1. The van der Waals surface area contributed by atoms with Gasteiger partial charge in [0.2, 0.25) is 17.7 Å². The first-order chi connectivity index (χ1) is 42.2. The van der Waals surface area contributed by atoms with Gasteiger partial charge in [-0.3, -0.25) is 29.6 Å². The number of para-hydroxylation sites is 1. The molecule has 3 saturated heterocycles. The maximum Gasteiger partial charge on any atom is 0.324 e. The average molecular weight is 1230 g/mol. The Hall–Kier alpha value is -8.81. The molecule has 9 aromatic rings. The van der Waals surface area contributed by atoms with Crippen LogP contribution in [-0.4, -0.2) is 181 Å². The molecule has 22 nitrogen and oxygen atoms in total. The maximum absolute atomic E-state index is 14.8. The highest BCUT2D eigenvalue weighted by atomic mass is 35.5. The van der Waals surface area contributed by atoms with E-state index in [0.717, 1.165) is 25.1 Å². The van der Waals surface area contributed by atoms with Crippen LogP contribution < -0.4 is 28.7 Å². The van der Waals surface area contributed by atoms with Crippen molar-refractivity contribution < 1.29 is 42.1 Å². The van der Waals surface area contributed by atoms with Crippen LogP contribution in [0.3, 0.4) is 0 Å². The normalized spacial score (nSPS) is 17.4. The number of hydrogen-bond donors (Lipinski definition) is 2. The van der Waals surface area contributed by atoms with Crippen molar-refractivity contribution in [2.24, 2.45) is 0 Å². The van der Waals surface area contributed by atoms with Crippen LogP contribution in [0.5, 0.6) is 40.9 Å². The highest BCUT2D eigenvalue weighted by Gasteiger charge is 2.35. The number of aromatic amines is 2. The molecule has 3 fully saturated rings. The Bertz CT molecular complexity index is 4120. The second kappa shape index (κ2) is 24.9. The molecule has 2 amide bonds. The fraction of sp³-hybridized carbons (Fsp3) is 0.328. The highest BCUT2D eigenvalue weighted by molar-refractivity contribution is 6.34. The Morgan fingerprint density at radius 3 is 1.85 bits per heavy atom. The van der Waals surface area contributed by atoms with E-state index in [0.29, 0.717) is 138 Å². The molecule has 0 bridgehead atoms. The van der Waals surface area contributed by atoms with Crippen LogP contribution in [-0.2, 0) is 27.3 Å². The summed E-state index contributed by atoms with van der Waals surface area (Å²) in [6, 6.07) is 16.5. The lowest BCUT2D eigenvalue weighted by molar-refractivity contribution is -0.127. The van der Waals surface area contributed by atoms with Crippen LogP contribution in [0.25, 0.3) is 43.6 Å². The molecule has 450 valence electrons. The highest BCUT2D eigenvalue weighted by Crippen LogP contribution is 2.44. The van der Waals surface area contributed by atoms with Crippen LogP contribution in [0.2, 0.25) is 10.0 Å². The van der Waals surface area contributed by atoms with Gasteiger partial charge in [0.1, 0.15) is 62.3 Å². The summed E-state index contributed by atoms with van der Waals surface area (Å²) in [5.41, 5.74) is 4.03. The zero-order chi connectivity index (χ0) is 60.6. The number of likely N-dealkylation sites (N-methyl/N-ethyl adjacent to an activating group) is 1. The van der Waals surface area contributed by atoms with Gasteiger partial charge in [0.25, 0.3) is 0 Å². The molecule has 2 atom stereocenters. The summed E-state index contributed by atoms with van der Waals surface area (Å²) in [7, 11) is 3.65. The minimum atomic E-state index is -0.662. The number of H-pyrrole nitrogens is 2. The van der Waals surface area contributed by atoms with Crippen molar-refractivity contribution in [2.75, 3.05) is 95.9 Å². The van der Waals surface area contributed by atoms with Crippen LogP contribution in [0.4, 0.5) is 20.4 Å². The minimum Gasteiger partial charge on any atom is -0.456 e. The lowest BCUT2D eigenvalue weighted by Gasteiger charge is -2.35. The van der Waals surface area contributed by atoms with Crippen molar-refractivity contribution in [3.05, 3.63) is 131 Å². The molecule has 5 aromatic heterocycles. The first kappa shape index (κ1) is 58.6. The lowest BCUT2D eigenvalue weighted by atomic mass is 9.98. The van der Waals surface area contributed by atoms with Gasteiger partial charge in [0.05, 0.1) is 39.6 Å². The molecule has 87 heavy (non-hydrogen) atoms. The number of pyridine rings is 1. The number of benzene rings is 4. The van der Waals surface area contributed by atoms with Gasteiger partial charge in [-0.25, -0.2) is 13.8 Å². The Labute approximate surface area is 508 Å². The number of aromatic nitrogens is 9. The third-order valence-corrected chi connectivity index (χ3v) is 16.8. The number of fused-ring (bicyclic) bond motifs is 5. The number of methoxy groups -OCH3 is 1. The fourth-order valence-electron chi connectivity index (χ4n) is 11.4. The van der Waals surface area contributed by atoms with Crippen molar-refractivity contribution in [1.82, 2.24) is 64.9 Å². The van der Waals surface area contributed by atoms with Gasteiger partial charge in [-0.1, -0.05) is 54.6 Å². The predicted molar refractivity (Wildman–Crippen MR) is 326 cm³/mol. The van der Waals surface area contributed by atoms with E-state index >= 15 is 0 Å². The predicted octanol–water partition coefficient (Wildman–Crippen LogP) is 9.51. The fourth-order valence-corrected chi connectivity index (χ4v) is 11.8. The standard InChI is InChI=1S/C33H32ClFN8O3.C28H29ClFN7O4/c1-4-27(44)41-12-14-42(15-13-41)31-22-8-10-36-32(46-30-23-17-37-40-25(23)16-24(35)28(30)34)29(22)38-33(39-31)45-26-7-5-6-20-18-43(19(2)3)11-9-21(20)26;1-4-23(38)36-8-10-37(11-9-36)27-16-6-5-7-20(40-26-17-13-31-34-19(17)12-18(30)24(26)29)25(16)32-28(33-27)41-22-15-35(2)14-21(22)39-3/h4-8,10,16-17,19H,1,9,11-15,18H2,2-3H3,(H,37,40);4-7,12-13,21-22H,1,8-11,14-15H2,2-3H3,(H,31,34)/t;21-,22-/m.1/s1. The van der Waals surface area contributed by atoms with E-state index in [4.69, 9.17) is 66.8 Å². The number of rotatable bonds is 14. The average Bonchev–Trinajstić information content (AvgIpc) is 1.56. The first-order valence-corrected chi connectivity index (χ1v) is 29.1. The van der Waals surface area contributed by atoms with Crippen molar-refractivity contribution in [1.29, 1.82) is 0 Å². The lowest BCUT2D eigenvalue weighted by Crippen LogP contribution is -2.48. The number of piperazine rings is 2. The molecule has 9 heterocycles. The quantitative estimate of drug-likeness (QED) is 0.0968. The van der Waals surface area contributed by atoms with E-state index in [1.165, 1.54) is 42.2 Å². The van der Waals surface area contributed by atoms with E-state index in [1.807, 2.05) is 31.3 Å². The molecule has 0 spiro atoms. The summed E-state index contributed by atoms with van der Waals surface area (Å²) in [4.78, 5) is 60.4. The molecule has 4 aromatic carbocycles. The van der Waals surface area contributed by atoms with Gasteiger partial charge in [0, 0.05) is 121 Å². The molecule has 4 aliphatic heterocycles. The molecule has 0 saturated carbocycles. The summed E-state index contributed by atoms with van der Waals surface area (Å²) < 4.78 is 60.4. The summed E-state index contributed by atoms with van der Waals surface area (Å²) in [6.07, 6.45) is 7.67. The number of halogens is 4. The molecule has 2 N–H and O–H groups in total. The summed E-state index contributed by atoms with van der Waals surface area (Å²) in [6.45, 7) is 18.9. The Balaban J connectivity index is 0.000000171. The summed E-state index contributed by atoms with van der Waals surface area (Å²) in [5, 5.41) is 15.5. The van der Waals surface area contributed by atoms with Crippen LogP contribution in [0.15, 0.2) is 98.5 Å². The van der Waals surface area contributed by atoms with Crippen molar-refractivity contribution in [2.45, 2.75) is 45.1 Å². The van der Waals surface area contributed by atoms with E-state index < -0.39 is 11.6 Å². The van der Waals surface area contributed by atoms with Gasteiger partial charge in [-0.2, -0.15) is 30.1 Å². The Morgan fingerprint density at radius 2 is 1.24 bits per heavy atom. The van der Waals surface area contributed by atoms with Crippen molar-refractivity contribution in [3.8, 4) is 40.9 Å². The van der Waals surface area contributed by atoms with Crippen LogP contribution >= 0.6 is 23.2 Å². The van der Waals surface area contributed by atoms with Crippen LogP contribution in [0, 0.1) is 11.6 Å². The Kier molecular flexibility index (Phi) is 16.8. The zero-order valence-electron chi connectivity index (χ0n) is 48.1. The van der Waals surface area contributed by atoms with Crippen LogP contribution in [0.1, 0.15) is 25.0 Å². The number of nitrogens with one attached hydrogen (secondary N) is 2. The smallest absolute Gasteiger partial charge is 0.324 e. The maximum atomic E-state index is 14.8. The van der Waals surface area contributed by atoms with Gasteiger partial charge in [-0.05, 0) is 69.3 Å². The molecule has 13 rings (SSSR count). The van der Waals surface area contributed by atoms with Gasteiger partial charge >= 0.3 is 12.0 Å². The molecule has 0 radical (unpaired) electrons. The van der Waals surface area contributed by atoms with E-state index in [9.17, 15) is 18.4 Å². The van der Waals surface area contributed by atoms with E-state index in [1.54, 1.807) is 35.2 Å². The zero-order valence-corrected chi connectivity index (χ0v) is 49.6. The largest absolute Gasteiger partial charge is 0.456 e. The van der Waals surface area contributed by atoms with Gasteiger partial charge in [0.15, 0.2) is 17.2 Å². The second-order valence-corrected chi connectivity index (χ2v) is 22.4. The monoisotopic (exact) mass is 1220 g/mol. The molecule has 0 aliphatic carbocycles. The number of amides is 2. The number of likely N-dealkylation sites (tertiary alicyclic amines) is 1. The molecule has 26 heteroatoms. The van der Waals surface area contributed by atoms with E-state index in [-0.39, 0.29) is 63.5 Å². The Morgan fingerprint density at radius 1 is 0.678 bits per heavy atom. The summed E-state index contributed by atoms with van der Waals surface area (Å²) in [5.74, 6) is 1.05. The number of carbonyl (C=O) groups is 2. The van der Waals surface area contributed by atoms with E-state index in [2.05, 4.69) is 78.1 Å². The van der Waals surface area contributed by atoms with Gasteiger partial charge < -0.3 is 43.3 Å². The minimum absolute atomic E-state index is 0.0661. The number of anilines is 2. The third-order valence-electron chi connectivity index (χ3n) is 16.1. The van der Waals surface area contributed by atoms with Gasteiger partial charge in [-0.15, -0.1) is 0 Å². The third kappa shape index (κ3) is 11.8. The topological polar surface area (TPSA) is 222 Å². The number of ether oxygens (including phenoxy) is 5. The first-order valence-electron chi connectivity index (χ1n) is 28.3. The number of nitrogens with zero attached hydrogens (tertiary/aromatic N) is 13. The molecular formula is C61H61Cl2F2N15O7.